The van der Waals surface area contributed by atoms with E-state index in [-0.39, 0.29) is 18.2 Å². The van der Waals surface area contributed by atoms with Crippen LogP contribution < -0.4 is 19.5 Å². The third-order valence-corrected chi connectivity index (χ3v) is 8.48. The highest BCUT2D eigenvalue weighted by atomic mass is 16.6. The number of hydrogen-bond donors (Lipinski definition) is 1. The number of hydrogen-bond acceptors (Lipinski definition) is 6. The van der Waals surface area contributed by atoms with E-state index >= 15 is 0 Å². The van der Waals surface area contributed by atoms with Crippen LogP contribution in [0.25, 0.3) is 11.1 Å². The molecule has 1 N–H and O–H groups in total. The molecule has 0 aliphatic carbocycles. The summed E-state index contributed by atoms with van der Waals surface area (Å²) in [5.74, 6) is 2.37. The minimum Gasteiger partial charge on any atom is -0.496 e. The molecule has 2 atom stereocenters. The Bertz CT molecular complexity index is 1630. The number of carbonyl (C=O) groups excluding carboxylic acids is 1. The van der Waals surface area contributed by atoms with E-state index < -0.39 is 5.60 Å². The molecule has 2 unspecified atom stereocenters. The Morgan fingerprint density at radius 1 is 0.830 bits per heavy atom. The molecule has 0 bridgehead atoms. The summed E-state index contributed by atoms with van der Waals surface area (Å²) in [6.07, 6.45) is 0.423. The van der Waals surface area contributed by atoms with Crippen molar-refractivity contribution in [1.29, 1.82) is 0 Å². The van der Waals surface area contributed by atoms with Crippen LogP contribution >= 0.6 is 0 Å². The number of likely N-dealkylation sites (N-methyl/N-ethyl adjacent to an activating group) is 1. The van der Waals surface area contributed by atoms with E-state index in [1.807, 2.05) is 93.4 Å². The molecule has 5 rings (SSSR count). The van der Waals surface area contributed by atoms with E-state index in [0.29, 0.717) is 37.2 Å². The van der Waals surface area contributed by atoms with Crippen molar-refractivity contribution in [2.45, 2.75) is 77.9 Å². The van der Waals surface area contributed by atoms with Crippen molar-refractivity contribution >= 4 is 6.09 Å². The van der Waals surface area contributed by atoms with Gasteiger partial charge in [0.1, 0.15) is 36.1 Å². The van der Waals surface area contributed by atoms with Gasteiger partial charge in [0.2, 0.25) is 0 Å². The van der Waals surface area contributed by atoms with Gasteiger partial charge in [-0.2, -0.15) is 0 Å². The molecule has 1 fully saturated rings. The van der Waals surface area contributed by atoms with E-state index in [0.717, 1.165) is 40.0 Å². The molecule has 248 valence electrons. The van der Waals surface area contributed by atoms with E-state index in [4.69, 9.17) is 18.9 Å². The highest BCUT2D eigenvalue weighted by Crippen LogP contribution is 2.46. The Balaban J connectivity index is 1.70. The van der Waals surface area contributed by atoms with E-state index in [9.17, 15) is 4.79 Å². The zero-order valence-corrected chi connectivity index (χ0v) is 28.7. The van der Waals surface area contributed by atoms with Crippen LogP contribution in [0.15, 0.2) is 91.0 Å². The summed E-state index contributed by atoms with van der Waals surface area (Å²) in [5, 5.41) is 3.47. The third kappa shape index (κ3) is 8.27. The topological polar surface area (TPSA) is 69.3 Å². The summed E-state index contributed by atoms with van der Waals surface area (Å²) in [6, 6.07) is 30.3. The minimum atomic E-state index is -0.628. The summed E-state index contributed by atoms with van der Waals surface area (Å²) >= 11 is 0. The summed E-state index contributed by atoms with van der Waals surface area (Å²) in [7, 11) is 3.63. The molecule has 7 nitrogen and oxygen atoms in total. The van der Waals surface area contributed by atoms with Crippen molar-refractivity contribution in [3.05, 3.63) is 113 Å². The van der Waals surface area contributed by atoms with Gasteiger partial charge in [0.15, 0.2) is 0 Å². The second kappa shape index (κ2) is 14.9. The van der Waals surface area contributed by atoms with Crippen LogP contribution in [0.4, 0.5) is 4.79 Å². The van der Waals surface area contributed by atoms with E-state index in [1.165, 1.54) is 5.56 Å². The number of carbonyl (C=O) groups is 1. The molecule has 0 aromatic heterocycles. The van der Waals surface area contributed by atoms with Crippen LogP contribution in [0.3, 0.4) is 0 Å². The van der Waals surface area contributed by atoms with Crippen molar-refractivity contribution in [3.63, 3.8) is 0 Å². The summed E-state index contributed by atoms with van der Waals surface area (Å²) in [6.45, 7) is 11.3. The van der Waals surface area contributed by atoms with Crippen molar-refractivity contribution in [3.8, 4) is 28.4 Å². The van der Waals surface area contributed by atoms with Gasteiger partial charge in [-0.25, -0.2) is 4.79 Å². The largest absolute Gasteiger partial charge is 0.496 e. The van der Waals surface area contributed by atoms with Gasteiger partial charge in [-0.3, -0.25) is 4.90 Å². The number of nitrogens with one attached hydrogen (secondary N) is 1. The molecule has 47 heavy (non-hydrogen) atoms. The molecule has 0 spiro atoms. The Morgan fingerprint density at radius 3 is 1.98 bits per heavy atom. The normalized spacial score (nSPS) is 16.3. The lowest BCUT2D eigenvalue weighted by atomic mass is 9.91. The number of methoxy groups -OCH3 is 1. The summed E-state index contributed by atoms with van der Waals surface area (Å²) < 4.78 is 25.1. The van der Waals surface area contributed by atoms with Crippen molar-refractivity contribution < 1.29 is 23.7 Å². The number of ether oxygens (including phenoxy) is 4. The van der Waals surface area contributed by atoms with E-state index in [1.54, 1.807) is 7.11 Å². The molecule has 1 saturated heterocycles. The molecule has 1 aliphatic rings. The average Bonchev–Trinajstić information content (AvgIpc) is 3.50. The number of nitrogens with zero attached hydrogens (tertiary/aromatic N) is 1. The van der Waals surface area contributed by atoms with Gasteiger partial charge in [-0.1, -0.05) is 80.6 Å². The lowest BCUT2D eigenvalue weighted by Crippen LogP contribution is -2.40. The van der Waals surface area contributed by atoms with Crippen LogP contribution in [0.1, 0.15) is 75.3 Å². The fourth-order valence-electron chi connectivity index (χ4n) is 6.03. The molecule has 4 aromatic carbocycles. The smallest absolute Gasteiger partial charge is 0.410 e. The van der Waals surface area contributed by atoms with Crippen molar-refractivity contribution in [2.75, 3.05) is 20.7 Å². The highest BCUT2D eigenvalue weighted by molar-refractivity contribution is 5.79. The van der Waals surface area contributed by atoms with Crippen molar-refractivity contribution in [2.24, 2.45) is 0 Å². The SMILES string of the molecule is CNC1CCN(C(=O)OC(C)(C)C)C1c1cc(-c2cc(C(C)C)ccc2OC)c(OCc2ccccc2)cc1OCc1ccccc1. The Kier molecular flexibility index (Phi) is 10.8. The predicted molar refractivity (Wildman–Crippen MR) is 187 cm³/mol. The molecular formula is C40H48N2O5. The van der Waals surface area contributed by atoms with Gasteiger partial charge in [-0.05, 0) is 75.0 Å². The zero-order valence-electron chi connectivity index (χ0n) is 28.7. The molecule has 0 saturated carbocycles. The fourth-order valence-corrected chi connectivity index (χ4v) is 6.03. The lowest BCUT2D eigenvalue weighted by molar-refractivity contribution is 0.0212. The molecule has 1 aliphatic heterocycles. The van der Waals surface area contributed by atoms with Crippen molar-refractivity contribution in [1.82, 2.24) is 10.2 Å². The van der Waals surface area contributed by atoms with Gasteiger partial charge in [0.05, 0.1) is 13.2 Å². The Hall–Kier alpha value is -4.49. The number of likely N-dealkylation sites (tertiary alicyclic amines) is 1. The zero-order chi connectivity index (χ0) is 33.6. The quantitative estimate of drug-likeness (QED) is 0.177. The summed E-state index contributed by atoms with van der Waals surface area (Å²) in [5.41, 5.74) is 5.32. The van der Waals surface area contributed by atoms with E-state index in [2.05, 4.69) is 49.5 Å². The number of benzene rings is 4. The van der Waals surface area contributed by atoms with Crippen LogP contribution in [-0.4, -0.2) is 43.3 Å². The Morgan fingerprint density at radius 2 is 1.43 bits per heavy atom. The third-order valence-electron chi connectivity index (χ3n) is 8.48. The van der Waals surface area contributed by atoms with Crippen LogP contribution in [0.5, 0.6) is 17.2 Å². The molecule has 7 heteroatoms. The maximum atomic E-state index is 13.7. The predicted octanol–water partition coefficient (Wildman–Crippen LogP) is 8.91. The van der Waals surface area contributed by atoms with Gasteiger partial charge < -0.3 is 24.3 Å². The second-order valence-electron chi connectivity index (χ2n) is 13.4. The maximum Gasteiger partial charge on any atom is 0.410 e. The number of rotatable bonds is 11. The average molecular weight is 637 g/mol. The first-order valence-electron chi connectivity index (χ1n) is 16.4. The van der Waals surface area contributed by atoms with Crippen LogP contribution in [0.2, 0.25) is 0 Å². The fraction of sp³-hybridized carbons (Fsp3) is 0.375. The van der Waals surface area contributed by atoms with Gasteiger partial charge in [-0.15, -0.1) is 0 Å². The summed E-state index contributed by atoms with van der Waals surface area (Å²) in [4.78, 5) is 15.5. The first kappa shape index (κ1) is 33.9. The molecular weight excluding hydrogens is 588 g/mol. The monoisotopic (exact) mass is 636 g/mol. The Labute approximate surface area is 279 Å². The minimum absolute atomic E-state index is 0.0191. The van der Waals surface area contributed by atoms with Crippen LogP contribution in [-0.2, 0) is 18.0 Å². The lowest BCUT2D eigenvalue weighted by Gasteiger charge is -2.32. The van der Waals surface area contributed by atoms with Gasteiger partial charge in [0, 0.05) is 35.3 Å². The van der Waals surface area contributed by atoms with Crippen LogP contribution in [0, 0.1) is 0 Å². The van der Waals surface area contributed by atoms with Gasteiger partial charge >= 0.3 is 6.09 Å². The molecule has 4 aromatic rings. The molecule has 1 heterocycles. The highest BCUT2D eigenvalue weighted by Gasteiger charge is 2.41. The second-order valence-corrected chi connectivity index (χ2v) is 13.4. The standard InChI is InChI=1S/C40H48N2O5/c1-27(2)30-18-19-35(44-7)31(22-30)32-23-33(38-34(41-6)20-21-42(38)39(43)47-40(3,4)5)37(46-26-29-16-12-9-13-17-29)24-36(32)45-25-28-14-10-8-11-15-28/h8-19,22-24,27,34,38,41H,20-21,25-26H2,1-7H3. The first-order chi connectivity index (χ1) is 22.6. The van der Waals surface area contributed by atoms with Gasteiger partial charge in [0.25, 0.3) is 0 Å². The first-order valence-corrected chi connectivity index (χ1v) is 16.4. The molecule has 0 radical (unpaired) electrons. The molecule has 1 amide bonds. The maximum absolute atomic E-state index is 13.7. The number of amides is 1.